The molecule has 17 heavy (non-hydrogen) atoms. The molecule has 2 heteroatoms. The normalized spacial score (nSPS) is 24.4. The second-order valence-corrected chi connectivity index (χ2v) is 5.09. The third-order valence-corrected chi connectivity index (χ3v) is 3.77. The molecule has 1 fully saturated rings. The summed E-state index contributed by atoms with van der Waals surface area (Å²) in [4.78, 5) is 0. The van der Waals surface area contributed by atoms with Crippen molar-refractivity contribution in [2.24, 2.45) is 11.8 Å². The molecule has 1 N–H and O–H groups in total. The summed E-state index contributed by atoms with van der Waals surface area (Å²) in [6.45, 7) is 5.60. The molecule has 3 atom stereocenters. The lowest BCUT2D eigenvalue weighted by molar-refractivity contribution is 0.414. The molecule has 3 unspecified atom stereocenters. The van der Waals surface area contributed by atoms with Crippen LogP contribution in [0, 0.1) is 11.8 Å². The van der Waals surface area contributed by atoms with Crippen LogP contribution in [0.25, 0.3) is 0 Å². The van der Waals surface area contributed by atoms with Crippen LogP contribution < -0.4 is 10.1 Å². The van der Waals surface area contributed by atoms with Gasteiger partial charge in [0.05, 0.1) is 7.11 Å². The fourth-order valence-electron chi connectivity index (χ4n) is 2.56. The fourth-order valence-corrected chi connectivity index (χ4v) is 2.56. The highest BCUT2D eigenvalue weighted by atomic mass is 16.5. The fraction of sp³-hybridized carbons (Fsp3) is 0.600. The van der Waals surface area contributed by atoms with Crippen LogP contribution in [0.3, 0.4) is 0 Å². The topological polar surface area (TPSA) is 21.3 Å². The molecule has 94 valence electrons. The van der Waals surface area contributed by atoms with E-state index in [1.807, 2.05) is 0 Å². The molecule has 0 aliphatic heterocycles. The van der Waals surface area contributed by atoms with Crippen molar-refractivity contribution in [1.29, 1.82) is 0 Å². The largest absolute Gasteiger partial charge is 0.497 e. The number of rotatable bonds is 6. The van der Waals surface area contributed by atoms with Gasteiger partial charge in [-0.3, -0.25) is 0 Å². The first-order valence-corrected chi connectivity index (χ1v) is 6.61. The summed E-state index contributed by atoms with van der Waals surface area (Å²) in [5.41, 5.74) is 1.40. The van der Waals surface area contributed by atoms with Crippen LogP contribution in [0.4, 0.5) is 0 Å². The van der Waals surface area contributed by atoms with E-state index in [-0.39, 0.29) is 0 Å². The molecule has 0 bridgehead atoms. The van der Waals surface area contributed by atoms with Crippen molar-refractivity contribution in [3.8, 4) is 5.75 Å². The third-order valence-electron chi connectivity index (χ3n) is 3.77. The Bertz CT molecular complexity index is 346. The van der Waals surface area contributed by atoms with Crippen molar-refractivity contribution in [2.75, 3.05) is 13.7 Å². The van der Waals surface area contributed by atoms with Crippen molar-refractivity contribution in [3.63, 3.8) is 0 Å². The maximum absolute atomic E-state index is 5.18. The lowest BCUT2D eigenvalue weighted by Crippen LogP contribution is -2.33. The third kappa shape index (κ3) is 3.22. The van der Waals surface area contributed by atoms with Crippen LogP contribution in [-0.2, 0) is 6.42 Å². The SMILES string of the molecule is CCNC(Cc1ccc(OC)cc1)C1CC1C. The minimum atomic E-state index is 0.642. The van der Waals surface area contributed by atoms with Gasteiger partial charge in [-0.1, -0.05) is 26.0 Å². The Morgan fingerprint density at radius 1 is 1.35 bits per heavy atom. The first kappa shape index (κ1) is 12.4. The average Bonchev–Trinajstić information content (AvgIpc) is 3.07. The van der Waals surface area contributed by atoms with Gasteiger partial charge in [0.15, 0.2) is 0 Å². The molecule has 0 amide bonds. The molecule has 0 saturated heterocycles. The van der Waals surface area contributed by atoms with Gasteiger partial charge in [-0.05, 0) is 48.9 Å². The summed E-state index contributed by atoms with van der Waals surface area (Å²) in [5, 5.41) is 3.62. The van der Waals surface area contributed by atoms with Gasteiger partial charge in [-0.25, -0.2) is 0 Å². The molecule has 0 spiro atoms. The first-order chi connectivity index (χ1) is 8.24. The quantitative estimate of drug-likeness (QED) is 0.815. The van der Waals surface area contributed by atoms with Crippen LogP contribution in [0.1, 0.15) is 25.8 Å². The van der Waals surface area contributed by atoms with E-state index in [4.69, 9.17) is 4.74 Å². The minimum absolute atomic E-state index is 0.642. The lowest BCUT2D eigenvalue weighted by Gasteiger charge is -2.18. The summed E-state index contributed by atoms with van der Waals surface area (Å²) in [7, 11) is 1.71. The van der Waals surface area contributed by atoms with Gasteiger partial charge in [-0.2, -0.15) is 0 Å². The zero-order valence-electron chi connectivity index (χ0n) is 11.1. The Balaban J connectivity index is 1.96. The van der Waals surface area contributed by atoms with Crippen molar-refractivity contribution in [1.82, 2.24) is 5.32 Å². The van der Waals surface area contributed by atoms with Crippen molar-refractivity contribution < 1.29 is 4.74 Å². The molecule has 1 saturated carbocycles. The molecule has 2 rings (SSSR count). The number of methoxy groups -OCH3 is 1. The van der Waals surface area contributed by atoms with E-state index in [1.54, 1.807) is 7.11 Å². The number of benzene rings is 1. The summed E-state index contributed by atoms with van der Waals surface area (Å²) in [6, 6.07) is 9.10. The zero-order valence-corrected chi connectivity index (χ0v) is 11.1. The van der Waals surface area contributed by atoms with Crippen LogP contribution >= 0.6 is 0 Å². The van der Waals surface area contributed by atoms with Crippen molar-refractivity contribution in [2.45, 2.75) is 32.7 Å². The second-order valence-electron chi connectivity index (χ2n) is 5.09. The Hall–Kier alpha value is -1.02. The number of hydrogen-bond donors (Lipinski definition) is 1. The van der Waals surface area contributed by atoms with E-state index in [9.17, 15) is 0 Å². The smallest absolute Gasteiger partial charge is 0.118 e. The zero-order chi connectivity index (χ0) is 12.3. The Morgan fingerprint density at radius 2 is 2.00 bits per heavy atom. The van der Waals surface area contributed by atoms with Crippen molar-refractivity contribution in [3.05, 3.63) is 29.8 Å². The van der Waals surface area contributed by atoms with Gasteiger partial charge in [-0.15, -0.1) is 0 Å². The second kappa shape index (κ2) is 5.54. The maximum Gasteiger partial charge on any atom is 0.118 e. The van der Waals surface area contributed by atoms with Gasteiger partial charge >= 0.3 is 0 Å². The number of hydrogen-bond acceptors (Lipinski definition) is 2. The Morgan fingerprint density at radius 3 is 2.47 bits per heavy atom. The molecule has 1 aromatic rings. The van der Waals surface area contributed by atoms with Gasteiger partial charge < -0.3 is 10.1 Å². The highest BCUT2D eigenvalue weighted by molar-refractivity contribution is 5.28. The van der Waals surface area contributed by atoms with Gasteiger partial charge in [0, 0.05) is 6.04 Å². The molecule has 0 heterocycles. The minimum Gasteiger partial charge on any atom is -0.497 e. The number of nitrogens with one attached hydrogen (secondary N) is 1. The highest BCUT2D eigenvalue weighted by Crippen LogP contribution is 2.41. The molecule has 0 radical (unpaired) electrons. The van der Waals surface area contributed by atoms with E-state index in [1.165, 1.54) is 12.0 Å². The van der Waals surface area contributed by atoms with Crippen LogP contribution in [0.5, 0.6) is 5.75 Å². The number of ether oxygens (including phenoxy) is 1. The Labute approximate surface area is 104 Å². The predicted molar refractivity (Wildman–Crippen MR) is 71.4 cm³/mol. The average molecular weight is 233 g/mol. The molecule has 1 aliphatic carbocycles. The molecule has 1 aliphatic rings. The maximum atomic E-state index is 5.18. The van der Waals surface area contributed by atoms with E-state index in [2.05, 4.69) is 43.4 Å². The molecule has 1 aromatic carbocycles. The van der Waals surface area contributed by atoms with Crippen LogP contribution in [0.2, 0.25) is 0 Å². The summed E-state index contributed by atoms with van der Waals surface area (Å²) in [6.07, 6.45) is 2.51. The predicted octanol–water partition coefficient (Wildman–Crippen LogP) is 2.87. The highest BCUT2D eigenvalue weighted by Gasteiger charge is 2.38. The summed E-state index contributed by atoms with van der Waals surface area (Å²) >= 11 is 0. The molecular formula is C15H23NO. The summed E-state index contributed by atoms with van der Waals surface area (Å²) < 4.78 is 5.18. The van der Waals surface area contributed by atoms with Gasteiger partial charge in [0.25, 0.3) is 0 Å². The van der Waals surface area contributed by atoms with E-state index in [0.29, 0.717) is 6.04 Å². The van der Waals surface area contributed by atoms with Crippen LogP contribution in [-0.4, -0.2) is 19.7 Å². The standard InChI is InChI=1S/C15H23NO/c1-4-16-15(14-9-11(14)2)10-12-5-7-13(17-3)8-6-12/h5-8,11,14-16H,4,9-10H2,1-3H3. The molecule has 2 nitrogen and oxygen atoms in total. The van der Waals surface area contributed by atoms with E-state index in [0.717, 1.165) is 30.6 Å². The van der Waals surface area contributed by atoms with E-state index < -0.39 is 0 Å². The Kier molecular flexibility index (Phi) is 4.06. The van der Waals surface area contributed by atoms with E-state index >= 15 is 0 Å². The monoisotopic (exact) mass is 233 g/mol. The van der Waals surface area contributed by atoms with Crippen LogP contribution in [0.15, 0.2) is 24.3 Å². The summed E-state index contributed by atoms with van der Waals surface area (Å²) in [5.74, 6) is 2.71. The van der Waals surface area contributed by atoms with Gasteiger partial charge in [0.1, 0.15) is 5.75 Å². The molecular weight excluding hydrogens is 210 g/mol. The van der Waals surface area contributed by atoms with Gasteiger partial charge in [0.2, 0.25) is 0 Å². The lowest BCUT2D eigenvalue weighted by atomic mass is 10.0. The number of likely N-dealkylation sites (N-methyl/N-ethyl adjacent to an activating group) is 1. The van der Waals surface area contributed by atoms with Crippen molar-refractivity contribution >= 4 is 0 Å². The molecule has 0 aromatic heterocycles. The first-order valence-electron chi connectivity index (χ1n) is 6.61.